The van der Waals surface area contributed by atoms with Crippen molar-refractivity contribution in [2.45, 2.75) is 58.5 Å². The number of aryl methyl sites for hydroxylation is 2. The number of likely N-dealkylation sites (tertiary alicyclic amines) is 1. The van der Waals surface area contributed by atoms with Gasteiger partial charge in [-0.25, -0.2) is 4.98 Å². The van der Waals surface area contributed by atoms with E-state index >= 15 is 0 Å². The number of amides is 1. The van der Waals surface area contributed by atoms with Crippen molar-refractivity contribution in [2.75, 3.05) is 26.3 Å². The number of benzene rings is 1. The number of rotatable bonds is 5. The molecule has 4 rings (SSSR count). The first kappa shape index (κ1) is 20.8. The molecule has 30 heavy (non-hydrogen) atoms. The molecule has 3 heterocycles. The highest BCUT2D eigenvalue weighted by Crippen LogP contribution is 2.26. The van der Waals surface area contributed by atoms with Gasteiger partial charge < -0.3 is 14.4 Å². The van der Waals surface area contributed by atoms with Crippen LogP contribution in [0.1, 0.15) is 48.0 Å². The van der Waals surface area contributed by atoms with E-state index in [1.54, 1.807) is 0 Å². The second-order valence-electron chi connectivity index (χ2n) is 8.16. The summed E-state index contributed by atoms with van der Waals surface area (Å²) in [6, 6.07) is 8.10. The third kappa shape index (κ3) is 4.81. The third-order valence-corrected chi connectivity index (χ3v) is 6.01. The van der Waals surface area contributed by atoms with Crippen LogP contribution in [0.2, 0.25) is 0 Å². The molecule has 6 nitrogen and oxygen atoms in total. The molecule has 1 aromatic carbocycles. The van der Waals surface area contributed by atoms with Crippen LogP contribution in [0.4, 0.5) is 0 Å². The molecule has 0 spiro atoms. The van der Waals surface area contributed by atoms with Crippen LogP contribution in [0.5, 0.6) is 5.88 Å². The molecule has 160 valence electrons. The molecular formula is C24H31N3O3. The summed E-state index contributed by atoms with van der Waals surface area (Å²) in [6.07, 6.45) is 4.64. The highest BCUT2D eigenvalue weighted by molar-refractivity contribution is 5.79. The van der Waals surface area contributed by atoms with Crippen LogP contribution in [-0.4, -0.2) is 53.2 Å². The lowest BCUT2D eigenvalue weighted by Crippen LogP contribution is -2.45. The molecule has 1 aromatic heterocycles. The molecule has 2 aliphatic heterocycles. The monoisotopic (exact) mass is 409 g/mol. The topological polar surface area (TPSA) is 64.5 Å². The number of carbonyl (C=O) groups excluding carboxylic acids is 1. The van der Waals surface area contributed by atoms with E-state index in [1.807, 2.05) is 23.1 Å². The van der Waals surface area contributed by atoms with Crippen molar-refractivity contribution in [3.63, 3.8) is 0 Å². The van der Waals surface area contributed by atoms with Gasteiger partial charge in [0.2, 0.25) is 11.8 Å². The van der Waals surface area contributed by atoms with Gasteiger partial charge in [-0.05, 0) is 30.9 Å². The van der Waals surface area contributed by atoms with Crippen molar-refractivity contribution < 1.29 is 14.3 Å². The van der Waals surface area contributed by atoms with Gasteiger partial charge in [-0.2, -0.15) is 4.98 Å². The van der Waals surface area contributed by atoms with Crippen molar-refractivity contribution in [1.29, 1.82) is 0 Å². The van der Waals surface area contributed by atoms with E-state index < -0.39 is 0 Å². The Labute approximate surface area is 178 Å². The van der Waals surface area contributed by atoms with Gasteiger partial charge in [0.25, 0.3) is 0 Å². The Kier molecular flexibility index (Phi) is 6.62. The molecule has 0 radical (unpaired) electrons. The predicted octanol–water partition coefficient (Wildman–Crippen LogP) is 3.08. The fraction of sp³-hybridized carbons (Fsp3) is 0.542. The summed E-state index contributed by atoms with van der Waals surface area (Å²) in [5, 5.41) is 0. The highest BCUT2D eigenvalue weighted by Gasteiger charge is 2.27. The first-order valence-electron chi connectivity index (χ1n) is 11.1. The van der Waals surface area contributed by atoms with Gasteiger partial charge in [-0.1, -0.05) is 31.2 Å². The van der Waals surface area contributed by atoms with Crippen LogP contribution < -0.4 is 4.74 Å². The van der Waals surface area contributed by atoms with Crippen LogP contribution in [0.15, 0.2) is 24.3 Å². The fourth-order valence-corrected chi connectivity index (χ4v) is 4.22. The normalized spacial score (nSPS) is 19.1. The minimum Gasteiger partial charge on any atom is -0.472 e. The molecule has 1 saturated heterocycles. The number of hydrogen-bond acceptors (Lipinski definition) is 5. The van der Waals surface area contributed by atoms with Crippen molar-refractivity contribution in [3.05, 3.63) is 52.5 Å². The molecule has 2 aliphatic rings. The number of nitrogens with zero attached hydrogens (tertiary/aromatic N) is 3. The van der Waals surface area contributed by atoms with Crippen molar-refractivity contribution in [3.8, 4) is 5.88 Å². The van der Waals surface area contributed by atoms with E-state index in [-0.39, 0.29) is 12.0 Å². The van der Waals surface area contributed by atoms with E-state index in [4.69, 9.17) is 19.4 Å². The minimum atomic E-state index is -0.0348. The second-order valence-corrected chi connectivity index (χ2v) is 8.16. The summed E-state index contributed by atoms with van der Waals surface area (Å²) < 4.78 is 12.0. The van der Waals surface area contributed by atoms with E-state index in [9.17, 15) is 4.79 Å². The predicted molar refractivity (Wildman–Crippen MR) is 115 cm³/mol. The smallest absolute Gasteiger partial charge is 0.227 e. The standard InChI is InChI=1S/C24H31N3O3/c1-3-22-25-21-11-14-29-13-10-20(21)24(26-22)30-19-9-6-12-27(16-19)23(28)15-18-8-5-4-7-17(18)2/h4-5,7-8,19H,3,6,9-16H2,1-2H3. The Hall–Kier alpha value is -2.47. The number of ether oxygens (including phenoxy) is 2. The van der Waals surface area contributed by atoms with Crippen LogP contribution >= 0.6 is 0 Å². The molecule has 0 bridgehead atoms. The van der Waals surface area contributed by atoms with Gasteiger partial charge in [0.1, 0.15) is 11.9 Å². The Balaban J connectivity index is 1.46. The Morgan fingerprint density at radius 3 is 2.90 bits per heavy atom. The van der Waals surface area contributed by atoms with Gasteiger partial charge in [0, 0.05) is 31.4 Å². The summed E-state index contributed by atoms with van der Waals surface area (Å²) in [5.41, 5.74) is 4.39. The van der Waals surface area contributed by atoms with Crippen molar-refractivity contribution in [1.82, 2.24) is 14.9 Å². The molecule has 6 heteroatoms. The molecule has 0 aliphatic carbocycles. The zero-order chi connectivity index (χ0) is 20.9. The maximum atomic E-state index is 12.9. The van der Waals surface area contributed by atoms with Gasteiger partial charge in [0.05, 0.1) is 31.9 Å². The van der Waals surface area contributed by atoms with E-state index in [0.717, 1.165) is 66.9 Å². The molecule has 2 aromatic rings. The summed E-state index contributed by atoms with van der Waals surface area (Å²) in [7, 11) is 0. The largest absolute Gasteiger partial charge is 0.472 e. The fourth-order valence-electron chi connectivity index (χ4n) is 4.22. The summed E-state index contributed by atoms with van der Waals surface area (Å²) in [6.45, 7) is 6.88. The summed E-state index contributed by atoms with van der Waals surface area (Å²) in [5.74, 6) is 1.68. The van der Waals surface area contributed by atoms with Gasteiger partial charge in [-0.15, -0.1) is 0 Å². The zero-order valence-corrected chi connectivity index (χ0v) is 18.0. The molecule has 1 atom stereocenters. The first-order chi connectivity index (χ1) is 14.6. The van der Waals surface area contributed by atoms with E-state index in [2.05, 4.69) is 19.9 Å². The van der Waals surface area contributed by atoms with Gasteiger partial charge in [-0.3, -0.25) is 4.79 Å². The van der Waals surface area contributed by atoms with Crippen LogP contribution in [0.25, 0.3) is 0 Å². The quantitative estimate of drug-likeness (QED) is 0.759. The maximum Gasteiger partial charge on any atom is 0.227 e. The van der Waals surface area contributed by atoms with Crippen LogP contribution in [0, 0.1) is 6.92 Å². The first-order valence-corrected chi connectivity index (χ1v) is 11.1. The lowest BCUT2D eigenvalue weighted by Gasteiger charge is -2.33. The Bertz CT molecular complexity index is 899. The Morgan fingerprint density at radius 2 is 2.07 bits per heavy atom. The Morgan fingerprint density at radius 1 is 1.23 bits per heavy atom. The lowest BCUT2D eigenvalue weighted by atomic mass is 10.0. The molecular weight excluding hydrogens is 378 g/mol. The molecule has 1 fully saturated rings. The number of carbonyl (C=O) groups is 1. The van der Waals surface area contributed by atoms with E-state index in [1.165, 1.54) is 0 Å². The van der Waals surface area contributed by atoms with Crippen molar-refractivity contribution in [2.24, 2.45) is 0 Å². The average Bonchev–Trinajstić information content (AvgIpc) is 3.01. The number of aromatic nitrogens is 2. The average molecular weight is 410 g/mol. The molecule has 1 unspecified atom stereocenters. The van der Waals surface area contributed by atoms with Crippen molar-refractivity contribution >= 4 is 5.91 Å². The van der Waals surface area contributed by atoms with Gasteiger partial charge in [0.15, 0.2) is 0 Å². The highest BCUT2D eigenvalue weighted by atomic mass is 16.5. The third-order valence-electron chi connectivity index (χ3n) is 6.01. The summed E-state index contributed by atoms with van der Waals surface area (Å²) in [4.78, 5) is 24.3. The summed E-state index contributed by atoms with van der Waals surface area (Å²) >= 11 is 0. The number of hydrogen-bond donors (Lipinski definition) is 0. The maximum absolute atomic E-state index is 12.9. The lowest BCUT2D eigenvalue weighted by molar-refractivity contribution is -0.133. The SMILES string of the molecule is CCc1nc2c(c(OC3CCCN(C(=O)Cc4ccccc4C)C3)n1)CCOCC2. The zero-order valence-electron chi connectivity index (χ0n) is 18.0. The second kappa shape index (κ2) is 9.56. The molecule has 0 N–H and O–H groups in total. The minimum absolute atomic E-state index is 0.0348. The van der Waals surface area contributed by atoms with E-state index in [0.29, 0.717) is 32.1 Å². The number of fused-ring (bicyclic) bond motifs is 1. The molecule has 0 saturated carbocycles. The molecule has 1 amide bonds. The van der Waals surface area contributed by atoms with Gasteiger partial charge >= 0.3 is 0 Å². The number of piperidine rings is 1. The van der Waals surface area contributed by atoms with Crippen LogP contribution in [-0.2, 0) is 35.2 Å². The van der Waals surface area contributed by atoms with Crippen LogP contribution in [0.3, 0.4) is 0 Å².